The van der Waals surface area contributed by atoms with E-state index in [1.807, 2.05) is 0 Å². The lowest BCUT2D eigenvalue weighted by Gasteiger charge is -2.27. The molecule has 0 aromatic heterocycles. The van der Waals surface area contributed by atoms with E-state index in [9.17, 15) is 4.79 Å². The SMILES string of the molecule is C=C(C(=O)C(=C)C1CCCCC1)C1CCCCC1. The standard InChI is InChI=1S/C17H26O/c1-13(15-9-5-3-6-10-15)17(18)14(2)16-11-7-4-8-12-16/h15-16H,1-12H2. The fourth-order valence-corrected chi connectivity index (χ4v) is 3.48. The Morgan fingerprint density at radius 3 is 1.33 bits per heavy atom. The van der Waals surface area contributed by atoms with E-state index in [2.05, 4.69) is 13.2 Å². The van der Waals surface area contributed by atoms with Crippen molar-refractivity contribution in [3.63, 3.8) is 0 Å². The number of allylic oxidation sites excluding steroid dienone is 2. The highest BCUT2D eigenvalue weighted by atomic mass is 16.1. The number of carbonyl (C=O) groups is 1. The molecule has 0 heterocycles. The largest absolute Gasteiger partial charge is 0.289 e. The second-order valence-corrected chi connectivity index (χ2v) is 6.05. The fourth-order valence-electron chi connectivity index (χ4n) is 3.48. The molecule has 0 radical (unpaired) electrons. The van der Waals surface area contributed by atoms with Crippen molar-refractivity contribution in [2.24, 2.45) is 11.8 Å². The van der Waals surface area contributed by atoms with Gasteiger partial charge in [-0.3, -0.25) is 4.79 Å². The van der Waals surface area contributed by atoms with Crippen LogP contribution >= 0.6 is 0 Å². The van der Waals surface area contributed by atoms with Crippen molar-refractivity contribution < 1.29 is 4.79 Å². The van der Waals surface area contributed by atoms with Crippen LogP contribution in [0.3, 0.4) is 0 Å². The molecule has 0 spiro atoms. The summed E-state index contributed by atoms with van der Waals surface area (Å²) in [5, 5.41) is 0. The van der Waals surface area contributed by atoms with E-state index in [-0.39, 0.29) is 5.78 Å². The highest BCUT2D eigenvalue weighted by molar-refractivity contribution is 6.08. The predicted molar refractivity (Wildman–Crippen MR) is 76.4 cm³/mol. The molecule has 0 amide bonds. The molecule has 2 rings (SSSR count). The van der Waals surface area contributed by atoms with Gasteiger partial charge in [0.2, 0.25) is 0 Å². The molecule has 0 aromatic rings. The second-order valence-electron chi connectivity index (χ2n) is 6.05. The smallest absolute Gasteiger partial charge is 0.184 e. The number of Topliss-reactive ketones (excluding diaryl/α,β-unsaturated/α-hetero) is 1. The molecule has 0 unspecified atom stereocenters. The summed E-state index contributed by atoms with van der Waals surface area (Å²) in [5.74, 6) is 1.06. The third-order valence-corrected chi connectivity index (χ3v) is 4.78. The quantitative estimate of drug-likeness (QED) is 0.649. The molecule has 0 atom stereocenters. The molecule has 1 heteroatoms. The van der Waals surface area contributed by atoms with Gasteiger partial charge in [0.1, 0.15) is 0 Å². The first-order valence-corrected chi connectivity index (χ1v) is 7.62. The van der Waals surface area contributed by atoms with Gasteiger partial charge in [-0.2, -0.15) is 0 Å². The predicted octanol–water partition coefficient (Wildman–Crippen LogP) is 4.83. The molecule has 0 N–H and O–H groups in total. The van der Waals surface area contributed by atoms with Gasteiger partial charge in [0.05, 0.1) is 0 Å². The maximum atomic E-state index is 12.4. The average Bonchev–Trinajstić information content (AvgIpc) is 2.47. The van der Waals surface area contributed by atoms with Gasteiger partial charge >= 0.3 is 0 Å². The van der Waals surface area contributed by atoms with Gasteiger partial charge in [-0.25, -0.2) is 0 Å². The second kappa shape index (κ2) is 6.36. The van der Waals surface area contributed by atoms with Crippen LogP contribution in [0, 0.1) is 11.8 Å². The first-order chi connectivity index (χ1) is 8.70. The summed E-state index contributed by atoms with van der Waals surface area (Å²) in [5.41, 5.74) is 1.70. The topological polar surface area (TPSA) is 17.1 Å². The molecule has 1 nitrogen and oxygen atoms in total. The van der Waals surface area contributed by atoms with Crippen LogP contribution in [0.15, 0.2) is 24.3 Å². The van der Waals surface area contributed by atoms with Gasteiger partial charge < -0.3 is 0 Å². The molecule has 2 aliphatic carbocycles. The lowest BCUT2D eigenvalue weighted by atomic mass is 9.77. The summed E-state index contributed by atoms with van der Waals surface area (Å²) < 4.78 is 0. The van der Waals surface area contributed by atoms with Gasteiger partial charge in [0.25, 0.3) is 0 Å². The molecular formula is C17H26O. The molecule has 0 aromatic carbocycles. The van der Waals surface area contributed by atoms with Crippen molar-refractivity contribution in [1.29, 1.82) is 0 Å². The molecule has 2 aliphatic rings. The fraction of sp³-hybridized carbons (Fsp3) is 0.706. The van der Waals surface area contributed by atoms with Crippen LogP contribution in [0.2, 0.25) is 0 Å². The average molecular weight is 246 g/mol. The van der Waals surface area contributed by atoms with Crippen molar-refractivity contribution in [2.75, 3.05) is 0 Å². The minimum atomic E-state index is 0.189. The van der Waals surface area contributed by atoms with Crippen molar-refractivity contribution in [3.05, 3.63) is 24.3 Å². The number of hydrogen-bond acceptors (Lipinski definition) is 1. The molecule has 100 valence electrons. The number of hydrogen-bond donors (Lipinski definition) is 0. The molecule has 2 saturated carbocycles. The number of ketones is 1. The third kappa shape index (κ3) is 3.13. The van der Waals surface area contributed by atoms with Crippen LogP contribution in [0.5, 0.6) is 0 Å². The summed E-state index contributed by atoms with van der Waals surface area (Å²) in [7, 11) is 0. The van der Waals surface area contributed by atoms with E-state index in [0.717, 1.165) is 36.8 Å². The van der Waals surface area contributed by atoms with Gasteiger partial charge in [0, 0.05) is 0 Å². The van der Waals surface area contributed by atoms with E-state index < -0.39 is 0 Å². The van der Waals surface area contributed by atoms with Crippen LogP contribution in [0.4, 0.5) is 0 Å². The molecular weight excluding hydrogens is 220 g/mol. The van der Waals surface area contributed by atoms with Crippen molar-refractivity contribution in [1.82, 2.24) is 0 Å². The Labute approximate surface area is 111 Å². The zero-order valence-corrected chi connectivity index (χ0v) is 11.5. The summed E-state index contributed by atoms with van der Waals surface area (Å²) in [6.07, 6.45) is 12.3. The Bertz CT molecular complexity index is 296. The Hall–Kier alpha value is -0.850. The Morgan fingerprint density at radius 2 is 1.00 bits per heavy atom. The zero-order chi connectivity index (χ0) is 13.0. The van der Waals surface area contributed by atoms with Gasteiger partial charge in [0.15, 0.2) is 5.78 Å². The van der Waals surface area contributed by atoms with E-state index in [4.69, 9.17) is 0 Å². The van der Waals surface area contributed by atoms with Crippen LogP contribution in [-0.2, 0) is 4.79 Å². The van der Waals surface area contributed by atoms with Crippen molar-refractivity contribution in [3.8, 4) is 0 Å². The third-order valence-electron chi connectivity index (χ3n) is 4.78. The van der Waals surface area contributed by atoms with Crippen LogP contribution in [0.25, 0.3) is 0 Å². The maximum absolute atomic E-state index is 12.4. The lowest BCUT2D eigenvalue weighted by Crippen LogP contribution is -2.21. The summed E-state index contributed by atoms with van der Waals surface area (Å²) >= 11 is 0. The normalized spacial score (nSPS) is 22.7. The highest BCUT2D eigenvalue weighted by Crippen LogP contribution is 2.34. The monoisotopic (exact) mass is 246 g/mol. The van der Waals surface area contributed by atoms with Crippen LogP contribution in [-0.4, -0.2) is 5.78 Å². The Morgan fingerprint density at radius 1 is 0.667 bits per heavy atom. The molecule has 0 bridgehead atoms. The number of rotatable bonds is 4. The number of carbonyl (C=O) groups excluding carboxylic acids is 1. The zero-order valence-electron chi connectivity index (χ0n) is 11.5. The molecule has 0 aliphatic heterocycles. The Balaban J connectivity index is 1.92. The summed E-state index contributed by atoms with van der Waals surface area (Å²) in [6.45, 7) is 8.17. The van der Waals surface area contributed by atoms with Crippen LogP contribution in [0.1, 0.15) is 64.2 Å². The Kier molecular flexibility index (Phi) is 4.79. The van der Waals surface area contributed by atoms with Crippen LogP contribution < -0.4 is 0 Å². The molecule has 0 saturated heterocycles. The maximum Gasteiger partial charge on any atom is 0.184 e. The van der Waals surface area contributed by atoms with Gasteiger partial charge in [-0.1, -0.05) is 51.7 Å². The van der Waals surface area contributed by atoms with Crippen molar-refractivity contribution >= 4 is 5.78 Å². The first-order valence-electron chi connectivity index (χ1n) is 7.62. The molecule has 18 heavy (non-hydrogen) atoms. The minimum Gasteiger partial charge on any atom is -0.289 e. The van der Waals surface area contributed by atoms with E-state index in [1.165, 1.54) is 38.5 Å². The molecule has 2 fully saturated rings. The first kappa shape index (κ1) is 13.6. The van der Waals surface area contributed by atoms with Crippen molar-refractivity contribution in [2.45, 2.75) is 64.2 Å². The van der Waals surface area contributed by atoms with E-state index in [1.54, 1.807) is 0 Å². The van der Waals surface area contributed by atoms with Gasteiger partial charge in [-0.15, -0.1) is 0 Å². The minimum absolute atomic E-state index is 0.189. The summed E-state index contributed by atoms with van der Waals surface area (Å²) in [4.78, 5) is 12.4. The highest BCUT2D eigenvalue weighted by Gasteiger charge is 2.27. The lowest BCUT2D eigenvalue weighted by molar-refractivity contribution is -0.113. The van der Waals surface area contributed by atoms with E-state index in [0.29, 0.717) is 11.8 Å². The van der Waals surface area contributed by atoms with Gasteiger partial charge in [-0.05, 0) is 48.7 Å². The van der Waals surface area contributed by atoms with E-state index >= 15 is 0 Å². The summed E-state index contributed by atoms with van der Waals surface area (Å²) in [6, 6.07) is 0.